The van der Waals surface area contributed by atoms with Crippen LogP contribution in [0.1, 0.15) is 0 Å². The van der Waals surface area contributed by atoms with E-state index < -0.39 is 4.92 Å². The van der Waals surface area contributed by atoms with E-state index >= 15 is 0 Å². The van der Waals surface area contributed by atoms with Crippen molar-refractivity contribution in [2.75, 3.05) is 18.5 Å². The highest BCUT2D eigenvalue weighted by atomic mass is 35.5. The second-order valence-corrected chi connectivity index (χ2v) is 3.71. The molecule has 0 aliphatic carbocycles. The quantitative estimate of drug-likeness (QED) is 0.635. The lowest BCUT2D eigenvalue weighted by atomic mass is 10.2. The zero-order chi connectivity index (χ0) is 10.8. The van der Waals surface area contributed by atoms with Gasteiger partial charge in [-0.15, -0.1) is 0 Å². The Kier molecular flexibility index (Phi) is 2.75. The Morgan fingerprint density at radius 1 is 1.53 bits per heavy atom. The van der Waals surface area contributed by atoms with Gasteiger partial charge < -0.3 is 10.1 Å². The highest BCUT2D eigenvalue weighted by Gasteiger charge is 2.19. The van der Waals surface area contributed by atoms with Crippen LogP contribution in [0.25, 0.3) is 0 Å². The summed E-state index contributed by atoms with van der Waals surface area (Å²) in [7, 11) is 0. The predicted octanol–water partition coefficient (Wildman–Crippen LogP) is 2.06. The average molecular weight is 229 g/mol. The van der Waals surface area contributed by atoms with E-state index in [0.717, 1.165) is 0 Å². The molecule has 1 aromatic carbocycles. The number of ether oxygens (including phenoxy) is 1. The first-order valence-electron chi connectivity index (χ1n) is 4.45. The van der Waals surface area contributed by atoms with E-state index in [2.05, 4.69) is 5.32 Å². The van der Waals surface area contributed by atoms with Gasteiger partial charge in [0.05, 0.1) is 34.9 Å². The molecule has 6 heteroatoms. The third-order valence-corrected chi connectivity index (χ3v) is 2.47. The average Bonchev–Trinajstić information content (AvgIpc) is 2.12. The molecule has 80 valence electrons. The molecule has 15 heavy (non-hydrogen) atoms. The van der Waals surface area contributed by atoms with Crippen LogP contribution in [0.15, 0.2) is 18.2 Å². The fourth-order valence-corrected chi connectivity index (χ4v) is 1.50. The molecule has 0 unspecified atom stereocenters. The van der Waals surface area contributed by atoms with Gasteiger partial charge in [0.25, 0.3) is 5.69 Å². The van der Waals surface area contributed by atoms with Gasteiger partial charge in [0, 0.05) is 12.1 Å². The molecule has 1 aliphatic heterocycles. The molecule has 2 rings (SSSR count). The lowest BCUT2D eigenvalue weighted by Gasteiger charge is -2.28. The molecule has 1 aromatic rings. The molecule has 0 radical (unpaired) electrons. The molecular weight excluding hydrogens is 220 g/mol. The number of rotatable bonds is 3. The van der Waals surface area contributed by atoms with E-state index in [1.165, 1.54) is 12.1 Å². The molecule has 0 aromatic heterocycles. The van der Waals surface area contributed by atoms with Gasteiger partial charge >= 0.3 is 0 Å². The smallest absolute Gasteiger partial charge is 0.271 e. The molecule has 0 bridgehead atoms. The topological polar surface area (TPSA) is 64.4 Å². The largest absolute Gasteiger partial charge is 0.377 e. The van der Waals surface area contributed by atoms with Crippen molar-refractivity contribution in [3.63, 3.8) is 0 Å². The molecular formula is C9H9ClN2O3. The minimum Gasteiger partial charge on any atom is -0.377 e. The molecule has 1 aliphatic rings. The maximum absolute atomic E-state index is 10.5. The standard InChI is InChI=1S/C9H9ClN2O3/c10-8-3-7(12(13)14)1-2-9(8)11-6-4-15-5-6/h1-3,6,11H,4-5H2. The number of nitrogens with one attached hydrogen (secondary N) is 1. The summed E-state index contributed by atoms with van der Waals surface area (Å²) in [6.07, 6.45) is 0. The van der Waals surface area contributed by atoms with Crippen LogP contribution >= 0.6 is 11.6 Å². The second kappa shape index (κ2) is 4.04. The molecule has 0 atom stereocenters. The number of hydrogen-bond donors (Lipinski definition) is 1. The molecule has 1 N–H and O–H groups in total. The third kappa shape index (κ3) is 2.19. The lowest BCUT2D eigenvalue weighted by Crippen LogP contribution is -2.40. The van der Waals surface area contributed by atoms with Gasteiger partial charge in [-0.05, 0) is 6.07 Å². The molecule has 0 amide bonds. The van der Waals surface area contributed by atoms with Gasteiger partial charge in [-0.25, -0.2) is 0 Å². The van der Waals surface area contributed by atoms with Crippen LogP contribution in [0.5, 0.6) is 0 Å². The van der Waals surface area contributed by atoms with E-state index in [-0.39, 0.29) is 11.7 Å². The van der Waals surface area contributed by atoms with Gasteiger partial charge in [-0.1, -0.05) is 11.6 Å². The Balaban J connectivity index is 2.14. The van der Waals surface area contributed by atoms with Crippen molar-refractivity contribution in [1.82, 2.24) is 0 Å². The SMILES string of the molecule is O=[N+]([O-])c1ccc(NC2COC2)c(Cl)c1. The molecule has 5 nitrogen and oxygen atoms in total. The predicted molar refractivity (Wildman–Crippen MR) is 56.3 cm³/mol. The Morgan fingerprint density at radius 3 is 2.73 bits per heavy atom. The lowest BCUT2D eigenvalue weighted by molar-refractivity contribution is -0.384. The molecule has 1 heterocycles. The van der Waals surface area contributed by atoms with Gasteiger partial charge in [0.1, 0.15) is 0 Å². The van der Waals surface area contributed by atoms with Crippen LogP contribution in [0.4, 0.5) is 11.4 Å². The first-order chi connectivity index (χ1) is 7.16. The molecule has 1 saturated heterocycles. The maximum Gasteiger partial charge on any atom is 0.271 e. The highest BCUT2D eigenvalue weighted by molar-refractivity contribution is 6.33. The molecule has 0 spiro atoms. The number of anilines is 1. The number of hydrogen-bond acceptors (Lipinski definition) is 4. The number of halogens is 1. The zero-order valence-electron chi connectivity index (χ0n) is 7.77. The number of nitro benzene ring substituents is 1. The van der Waals surface area contributed by atoms with Crippen LogP contribution in [-0.4, -0.2) is 24.2 Å². The van der Waals surface area contributed by atoms with E-state index in [4.69, 9.17) is 16.3 Å². The maximum atomic E-state index is 10.5. The van der Waals surface area contributed by atoms with E-state index in [0.29, 0.717) is 23.9 Å². The summed E-state index contributed by atoms with van der Waals surface area (Å²) < 4.78 is 5.00. The summed E-state index contributed by atoms with van der Waals surface area (Å²) >= 11 is 5.89. The van der Waals surface area contributed by atoms with Gasteiger partial charge in [0.2, 0.25) is 0 Å². The first kappa shape index (κ1) is 10.2. The highest BCUT2D eigenvalue weighted by Crippen LogP contribution is 2.27. The van der Waals surface area contributed by atoms with Gasteiger partial charge in [-0.2, -0.15) is 0 Å². The van der Waals surface area contributed by atoms with Crippen molar-refractivity contribution in [3.05, 3.63) is 33.3 Å². The van der Waals surface area contributed by atoms with Gasteiger partial charge in [0.15, 0.2) is 0 Å². The van der Waals surface area contributed by atoms with Crippen LogP contribution in [0, 0.1) is 10.1 Å². The fraction of sp³-hybridized carbons (Fsp3) is 0.333. The molecule has 1 fully saturated rings. The van der Waals surface area contributed by atoms with Crippen LogP contribution in [-0.2, 0) is 4.74 Å². The van der Waals surface area contributed by atoms with Crippen LogP contribution in [0.2, 0.25) is 5.02 Å². The zero-order valence-corrected chi connectivity index (χ0v) is 8.53. The van der Waals surface area contributed by atoms with Crippen molar-refractivity contribution >= 4 is 23.0 Å². The summed E-state index contributed by atoms with van der Waals surface area (Å²) in [5, 5.41) is 14.0. The van der Waals surface area contributed by atoms with Crippen LogP contribution in [0.3, 0.4) is 0 Å². The van der Waals surface area contributed by atoms with Crippen molar-refractivity contribution in [2.45, 2.75) is 6.04 Å². The summed E-state index contributed by atoms with van der Waals surface area (Å²) in [6, 6.07) is 4.62. The van der Waals surface area contributed by atoms with Crippen molar-refractivity contribution in [1.29, 1.82) is 0 Å². The minimum atomic E-state index is -0.470. The Labute approximate surface area is 91.1 Å². The summed E-state index contributed by atoms with van der Waals surface area (Å²) in [6.45, 7) is 1.29. The normalized spacial score (nSPS) is 15.8. The third-order valence-electron chi connectivity index (χ3n) is 2.16. The number of nitrogens with zero attached hydrogens (tertiary/aromatic N) is 1. The monoisotopic (exact) mass is 228 g/mol. The van der Waals surface area contributed by atoms with Crippen molar-refractivity contribution in [2.24, 2.45) is 0 Å². The minimum absolute atomic E-state index is 0.00425. The van der Waals surface area contributed by atoms with E-state index in [9.17, 15) is 10.1 Å². The Morgan fingerprint density at radius 2 is 2.27 bits per heavy atom. The van der Waals surface area contributed by atoms with E-state index in [1.807, 2.05) is 0 Å². The number of benzene rings is 1. The number of non-ortho nitro benzene ring substituents is 1. The summed E-state index contributed by atoms with van der Waals surface area (Å²) in [5.41, 5.74) is 0.700. The molecule has 0 saturated carbocycles. The summed E-state index contributed by atoms with van der Waals surface area (Å²) in [4.78, 5) is 9.99. The van der Waals surface area contributed by atoms with Gasteiger partial charge in [-0.3, -0.25) is 10.1 Å². The van der Waals surface area contributed by atoms with Crippen molar-refractivity contribution in [3.8, 4) is 0 Å². The first-order valence-corrected chi connectivity index (χ1v) is 4.83. The fourth-order valence-electron chi connectivity index (χ4n) is 1.27. The van der Waals surface area contributed by atoms with E-state index in [1.54, 1.807) is 6.07 Å². The second-order valence-electron chi connectivity index (χ2n) is 3.30. The Hall–Kier alpha value is -1.33. The summed E-state index contributed by atoms with van der Waals surface area (Å²) in [5.74, 6) is 0. The van der Waals surface area contributed by atoms with Crippen LogP contribution < -0.4 is 5.32 Å². The van der Waals surface area contributed by atoms with Crippen molar-refractivity contribution < 1.29 is 9.66 Å². The number of nitro groups is 1. The Bertz CT molecular complexity index is 393.